The van der Waals surface area contributed by atoms with E-state index in [1.807, 2.05) is 20.8 Å². The molecule has 9 heteroatoms. The van der Waals surface area contributed by atoms with Gasteiger partial charge in [-0.1, -0.05) is 0 Å². The molecule has 0 heterocycles. The van der Waals surface area contributed by atoms with Gasteiger partial charge in [0.2, 0.25) is 0 Å². The van der Waals surface area contributed by atoms with E-state index in [4.69, 9.17) is 18.0 Å². The van der Waals surface area contributed by atoms with Gasteiger partial charge in [-0.2, -0.15) is 0 Å². The lowest BCUT2D eigenvalue weighted by atomic mass is 10.3. The van der Waals surface area contributed by atoms with Gasteiger partial charge in [-0.3, -0.25) is 9.59 Å². The van der Waals surface area contributed by atoms with Crippen LogP contribution in [0.2, 0.25) is 6.04 Å². The van der Waals surface area contributed by atoms with Gasteiger partial charge in [-0.25, -0.2) is 0 Å². The summed E-state index contributed by atoms with van der Waals surface area (Å²) in [4.78, 5) is 23.1. The number of rotatable bonds is 14. The van der Waals surface area contributed by atoms with Gasteiger partial charge in [0, 0.05) is 25.9 Å². The molecule has 0 aliphatic heterocycles. The predicted octanol–water partition coefficient (Wildman–Crippen LogP) is 2.26. The molecule has 0 aromatic carbocycles. The van der Waals surface area contributed by atoms with Crippen LogP contribution in [-0.2, 0) is 32.3 Å². The molecule has 0 spiro atoms. The summed E-state index contributed by atoms with van der Waals surface area (Å²) >= 11 is 1.37. The standard InChI is InChI=1S/C15H30O7SSi/c1-6-20-24(21-7-2,22-8-3)11-9-10-23-13(15(17)19-5)12-14(16)18-4/h13H,6-12H2,1-5H3. The molecule has 1 atom stereocenters. The number of carbonyl (C=O) groups is 2. The Morgan fingerprint density at radius 3 is 1.92 bits per heavy atom. The molecule has 0 fully saturated rings. The Balaban J connectivity index is 4.54. The fraction of sp³-hybridized carbons (Fsp3) is 0.867. The summed E-state index contributed by atoms with van der Waals surface area (Å²) in [5.41, 5.74) is 0. The average Bonchev–Trinajstić information content (AvgIpc) is 2.57. The number of methoxy groups -OCH3 is 2. The van der Waals surface area contributed by atoms with Crippen LogP contribution in [0.5, 0.6) is 0 Å². The van der Waals surface area contributed by atoms with Crippen molar-refractivity contribution in [3.8, 4) is 0 Å². The van der Waals surface area contributed by atoms with Crippen molar-refractivity contribution in [3.05, 3.63) is 0 Å². The van der Waals surface area contributed by atoms with E-state index in [0.29, 0.717) is 31.6 Å². The van der Waals surface area contributed by atoms with Crippen molar-refractivity contribution in [3.63, 3.8) is 0 Å². The van der Waals surface area contributed by atoms with E-state index < -0.39 is 26.0 Å². The maximum atomic E-state index is 11.7. The third-order valence-corrected chi connectivity index (χ3v) is 7.52. The van der Waals surface area contributed by atoms with Crippen LogP contribution in [0.25, 0.3) is 0 Å². The quantitative estimate of drug-likeness (QED) is 0.257. The van der Waals surface area contributed by atoms with Crippen LogP contribution in [0.3, 0.4) is 0 Å². The summed E-state index contributed by atoms with van der Waals surface area (Å²) in [6, 6.07) is 0.668. The number of thioether (sulfide) groups is 1. The van der Waals surface area contributed by atoms with E-state index in [1.165, 1.54) is 26.0 Å². The highest BCUT2D eigenvalue weighted by atomic mass is 32.2. The minimum Gasteiger partial charge on any atom is -0.469 e. The largest absolute Gasteiger partial charge is 0.500 e. The fourth-order valence-corrected chi connectivity index (χ4v) is 6.04. The summed E-state index contributed by atoms with van der Waals surface area (Å²) in [6.07, 6.45) is 0.754. The summed E-state index contributed by atoms with van der Waals surface area (Å²) in [7, 11) is -0.0540. The molecular weight excluding hydrogens is 352 g/mol. The summed E-state index contributed by atoms with van der Waals surface area (Å²) in [5, 5.41) is -0.565. The van der Waals surface area contributed by atoms with Gasteiger partial charge in [0.1, 0.15) is 5.25 Å². The van der Waals surface area contributed by atoms with Crippen LogP contribution in [-0.4, -0.2) is 65.8 Å². The Labute approximate surface area is 150 Å². The normalized spacial score (nSPS) is 12.7. The molecule has 0 aromatic heterocycles. The van der Waals surface area contributed by atoms with E-state index in [1.54, 1.807) is 0 Å². The maximum Gasteiger partial charge on any atom is 0.500 e. The van der Waals surface area contributed by atoms with Gasteiger partial charge in [0.15, 0.2) is 0 Å². The molecule has 0 aromatic rings. The first-order valence-electron chi connectivity index (χ1n) is 8.16. The second kappa shape index (κ2) is 13.7. The first kappa shape index (κ1) is 23.4. The molecule has 0 N–H and O–H groups in total. The van der Waals surface area contributed by atoms with Crippen LogP contribution < -0.4 is 0 Å². The Morgan fingerprint density at radius 1 is 0.958 bits per heavy atom. The third kappa shape index (κ3) is 9.02. The summed E-state index contributed by atoms with van der Waals surface area (Å²) < 4.78 is 26.7. The number of hydrogen-bond acceptors (Lipinski definition) is 8. The van der Waals surface area contributed by atoms with Crippen LogP contribution >= 0.6 is 11.8 Å². The second-order valence-electron chi connectivity index (χ2n) is 4.75. The molecule has 0 radical (unpaired) electrons. The van der Waals surface area contributed by atoms with Gasteiger partial charge in [-0.15, -0.1) is 11.8 Å². The first-order chi connectivity index (χ1) is 11.5. The van der Waals surface area contributed by atoms with Crippen molar-refractivity contribution >= 4 is 32.5 Å². The van der Waals surface area contributed by atoms with Crippen LogP contribution in [0, 0.1) is 0 Å². The first-order valence-corrected chi connectivity index (χ1v) is 11.1. The molecule has 0 amide bonds. The molecule has 24 heavy (non-hydrogen) atoms. The molecule has 0 saturated carbocycles. The van der Waals surface area contributed by atoms with Gasteiger partial charge < -0.3 is 22.8 Å². The number of hydrogen-bond donors (Lipinski definition) is 0. The fourth-order valence-electron chi connectivity index (χ4n) is 2.09. The molecule has 0 rings (SSSR count). The maximum absolute atomic E-state index is 11.7. The van der Waals surface area contributed by atoms with Crippen LogP contribution in [0.15, 0.2) is 0 Å². The SMILES string of the molecule is CCO[Si](CCCSC(CC(=O)OC)C(=O)OC)(OCC)OCC. The highest BCUT2D eigenvalue weighted by Crippen LogP contribution is 2.23. The van der Waals surface area contributed by atoms with Crippen molar-refractivity contribution in [1.29, 1.82) is 0 Å². The zero-order chi connectivity index (χ0) is 18.4. The Kier molecular flexibility index (Phi) is 13.3. The number of ether oxygens (including phenoxy) is 2. The molecule has 7 nitrogen and oxygen atoms in total. The zero-order valence-corrected chi connectivity index (χ0v) is 17.1. The molecule has 142 valence electrons. The zero-order valence-electron chi connectivity index (χ0n) is 15.3. The Bertz CT molecular complexity index is 351. The molecule has 0 bridgehead atoms. The van der Waals surface area contributed by atoms with Crippen molar-refractivity contribution < 1.29 is 32.3 Å². The molecule has 0 aliphatic rings. The van der Waals surface area contributed by atoms with E-state index in [-0.39, 0.29) is 6.42 Å². The highest BCUT2D eigenvalue weighted by molar-refractivity contribution is 8.00. The average molecular weight is 383 g/mol. The van der Waals surface area contributed by atoms with E-state index in [2.05, 4.69) is 4.74 Å². The minimum atomic E-state index is -2.66. The smallest absolute Gasteiger partial charge is 0.469 e. The number of esters is 2. The molecule has 0 aliphatic carbocycles. The summed E-state index contributed by atoms with van der Waals surface area (Å²) in [6.45, 7) is 7.35. The second-order valence-corrected chi connectivity index (χ2v) is 8.79. The minimum absolute atomic E-state index is 0.00120. The lowest BCUT2D eigenvalue weighted by Crippen LogP contribution is -2.46. The Morgan fingerprint density at radius 2 is 1.50 bits per heavy atom. The molecule has 1 unspecified atom stereocenters. The lowest BCUT2D eigenvalue weighted by molar-refractivity contribution is -0.146. The van der Waals surface area contributed by atoms with E-state index >= 15 is 0 Å². The molecular formula is C15H30O7SSi. The Hall–Kier alpha value is -0.613. The topological polar surface area (TPSA) is 80.3 Å². The van der Waals surface area contributed by atoms with Gasteiger partial charge in [0.05, 0.1) is 20.6 Å². The highest BCUT2D eigenvalue weighted by Gasteiger charge is 2.39. The van der Waals surface area contributed by atoms with Crippen LogP contribution in [0.1, 0.15) is 33.6 Å². The van der Waals surface area contributed by atoms with E-state index in [9.17, 15) is 9.59 Å². The van der Waals surface area contributed by atoms with Crippen molar-refractivity contribution in [2.24, 2.45) is 0 Å². The van der Waals surface area contributed by atoms with Gasteiger partial charge in [0.25, 0.3) is 0 Å². The monoisotopic (exact) mass is 382 g/mol. The van der Waals surface area contributed by atoms with Crippen LogP contribution in [0.4, 0.5) is 0 Å². The lowest BCUT2D eigenvalue weighted by Gasteiger charge is -2.28. The van der Waals surface area contributed by atoms with Gasteiger partial charge >= 0.3 is 20.7 Å². The predicted molar refractivity (Wildman–Crippen MR) is 95.0 cm³/mol. The van der Waals surface area contributed by atoms with Crippen molar-refractivity contribution in [1.82, 2.24) is 0 Å². The third-order valence-electron chi connectivity index (χ3n) is 3.08. The summed E-state index contributed by atoms with van der Waals surface area (Å²) in [5.74, 6) is -0.188. The van der Waals surface area contributed by atoms with Crippen molar-refractivity contribution in [2.75, 3.05) is 39.8 Å². The van der Waals surface area contributed by atoms with Gasteiger partial charge in [-0.05, 0) is 32.9 Å². The van der Waals surface area contributed by atoms with Crippen molar-refractivity contribution in [2.45, 2.75) is 44.9 Å². The molecule has 0 saturated heterocycles. The van der Waals surface area contributed by atoms with E-state index in [0.717, 1.165) is 6.42 Å². The number of carbonyl (C=O) groups excluding carboxylic acids is 2.